The Bertz CT molecular complexity index is 1020. The summed E-state index contributed by atoms with van der Waals surface area (Å²) in [6.45, 7) is 3.95. The van der Waals surface area contributed by atoms with Gasteiger partial charge in [0.25, 0.3) is 5.91 Å². The number of aromatic amines is 1. The number of hydrogen-bond acceptors (Lipinski definition) is 4. The number of carbonyl (C=O) groups is 1. The highest BCUT2D eigenvalue weighted by Gasteiger charge is 2.36. The van der Waals surface area contributed by atoms with Gasteiger partial charge in [-0.15, -0.1) is 0 Å². The van der Waals surface area contributed by atoms with Gasteiger partial charge in [0, 0.05) is 29.9 Å². The molecule has 3 heterocycles. The van der Waals surface area contributed by atoms with Crippen molar-refractivity contribution in [2.75, 3.05) is 18.9 Å². The average Bonchev–Trinajstić information content (AvgIpc) is 3.27. The highest BCUT2D eigenvalue weighted by molar-refractivity contribution is 6.05. The predicted octanol–water partition coefficient (Wildman–Crippen LogP) is 2.48. The summed E-state index contributed by atoms with van der Waals surface area (Å²) in [6.07, 6.45) is 0.174. The van der Waals surface area contributed by atoms with Gasteiger partial charge in [-0.3, -0.25) is 9.89 Å². The molecule has 3 aromatic rings. The van der Waals surface area contributed by atoms with Gasteiger partial charge >= 0.3 is 0 Å². The second-order valence-corrected chi connectivity index (χ2v) is 6.78. The van der Waals surface area contributed by atoms with Gasteiger partial charge in [0.15, 0.2) is 0 Å². The predicted molar refractivity (Wildman–Crippen MR) is 95.2 cm³/mol. The van der Waals surface area contributed by atoms with Crippen molar-refractivity contribution in [3.8, 4) is 11.1 Å². The molecule has 5 rings (SSSR count). The molecule has 25 heavy (non-hydrogen) atoms. The number of nitrogens with two attached hydrogens (primary N) is 1. The second-order valence-electron chi connectivity index (χ2n) is 6.78. The molecule has 0 aliphatic carbocycles. The monoisotopic (exact) mass is 334 g/mol. The number of amides is 1. The topological polar surface area (TPSA) is 87.5 Å². The Morgan fingerprint density at radius 1 is 1.36 bits per heavy atom. The minimum atomic E-state index is 0.00502. The lowest BCUT2D eigenvalue weighted by Crippen LogP contribution is -2.28. The number of rotatable bonds is 3. The lowest BCUT2D eigenvalue weighted by Gasteiger charge is -2.13. The Labute approximate surface area is 144 Å². The van der Waals surface area contributed by atoms with E-state index in [1.165, 1.54) is 0 Å². The number of nitrogens with zero attached hydrogens (tertiary/aromatic N) is 2. The first kappa shape index (κ1) is 14.5. The Balaban J connectivity index is 1.63. The van der Waals surface area contributed by atoms with E-state index >= 15 is 0 Å². The minimum absolute atomic E-state index is 0.00502. The van der Waals surface area contributed by atoms with Crippen LogP contribution in [0.15, 0.2) is 30.3 Å². The quantitative estimate of drug-likeness (QED) is 0.569. The fourth-order valence-corrected chi connectivity index (χ4v) is 3.65. The van der Waals surface area contributed by atoms with Crippen molar-refractivity contribution in [3.05, 3.63) is 47.2 Å². The first-order valence-corrected chi connectivity index (χ1v) is 8.39. The number of carbonyl (C=O) groups excluding carboxylic acids is 1. The Morgan fingerprint density at radius 3 is 3.00 bits per heavy atom. The molecule has 1 saturated heterocycles. The number of hydrogen-bond donors (Lipinski definition) is 2. The van der Waals surface area contributed by atoms with Crippen molar-refractivity contribution in [1.82, 2.24) is 15.1 Å². The van der Waals surface area contributed by atoms with Crippen LogP contribution in [0.1, 0.15) is 21.6 Å². The van der Waals surface area contributed by atoms with Gasteiger partial charge in [0.2, 0.25) is 0 Å². The third kappa shape index (κ3) is 2.21. The fraction of sp³-hybridized carbons (Fsp3) is 0.263. The van der Waals surface area contributed by atoms with Crippen LogP contribution in [0, 0.1) is 6.92 Å². The zero-order valence-corrected chi connectivity index (χ0v) is 13.9. The number of epoxide rings is 1. The van der Waals surface area contributed by atoms with Gasteiger partial charge < -0.3 is 15.4 Å². The molecule has 0 spiro atoms. The highest BCUT2D eigenvalue weighted by atomic mass is 16.6. The molecule has 2 aliphatic heterocycles. The fourth-order valence-electron chi connectivity index (χ4n) is 3.65. The van der Waals surface area contributed by atoms with Crippen LogP contribution in [0.4, 0.5) is 5.69 Å². The van der Waals surface area contributed by atoms with E-state index < -0.39 is 0 Å². The smallest absolute Gasteiger partial charge is 0.256 e. The number of aromatic nitrogens is 2. The Hall–Kier alpha value is -2.86. The Kier molecular flexibility index (Phi) is 2.93. The molecule has 2 aliphatic rings. The highest BCUT2D eigenvalue weighted by Crippen LogP contribution is 2.37. The summed E-state index contributed by atoms with van der Waals surface area (Å²) in [7, 11) is 0. The van der Waals surface area contributed by atoms with Gasteiger partial charge in [-0.2, -0.15) is 5.10 Å². The van der Waals surface area contributed by atoms with Crippen molar-refractivity contribution >= 4 is 22.5 Å². The van der Waals surface area contributed by atoms with Crippen LogP contribution in [0.5, 0.6) is 0 Å². The van der Waals surface area contributed by atoms with Gasteiger partial charge in [0.05, 0.1) is 23.8 Å². The maximum Gasteiger partial charge on any atom is 0.256 e. The Morgan fingerprint density at radius 2 is 2.20 bits per heavy atom. The lowest BCUT2D eigenvalue weighted by molar-refractivity contribution is 0.0767. The molecule has 3 N–H and O–H groups in total. The normalized spacial score (nSPS) is 18.8. The second kappa shape index (κ2) is 5.07. The largest absolute Gasteiger partial charge is 0.398 e. The molecule has 1 atom stereocenters. The summed E-state index contributed by atoms with van der Waals surface area (Å²) >= 11 is 0. The summed E-state index contributed by atoms with van der Waals surface area (Å²) in [6, 6.07) is 10.0. The summed E-state index contributed by atoms with van der Waals surface area (Å²) in [5, 5.41) is 8.39. The number of nitrogen functional groups attached to an aromatic ring is 1. The van der Waals surface area contributed by atoms with E-state index in [0.29, 0.717) is 24.3 Å². The number of benzene rings is 2. The molecule has 0 saturated carbocycles. The summed E-state index contributed by atoms with van der Waals surface area (Å²) < 4.78 is 5.28. The van der Waals surface area contributed by atoms with Crippen LogP contribution in [0.3, 0.4) is 0 Å². The molecule has 6 nitrogen and oxygen atoms in total. The van der Waals surface area contributed by atoms with Crippen LogP contribution in [-0.4, -0.2) is 40.3 Å². The average molecular weight is 334 g/mol. The summed E-state index contributed by atoms with van der Waals surface area (Å²) in [4.78, 5) is 14.6. The van der Waals surface area contributed by atoms with Crippen molar-refractivity contribution < 1.29 is 9.53 Å². The molecule has 1 fully saturated rings. The van der Waals surface area contributed by atoms with Gasteiger partial charge in [-0.1, -0.05) is 12.1 Å². The zero-order valence-electron chi connectivity index (χ0n) is 13.9. The van der Waals surface area contributed by atoms with E-state index in [2.05, 4.69) is 16.3 Å². The first-order chi connectivity index (χ1) is 12.1. The molecule has 1 unspecified atom stereocenters. The standard InChI is InChI=1S/C19H18N4O2/c1-10-14-6-11(2-5-17(14)22-21-10)13-3-4-16(20)18-15(13)8-23(19(18)24)7-12-9-25-12/h2-6,12H,7-9,20H2,1H3,(H,21,22). The first-order valence-electron chi connectivity index (χ1n) is 8.39. The molecule has 0 bridgehead atoms. The third-order valence-electron chi connectivity index (χ3n) is 5.08. The van der Waals surface area contributed by atoms with Crippen LogP contribution in [0.25, 0.3) is 22.0 Å². The number of anilines is 1. The number of fused-ring (bicyclic) bond motifs is 2. The number of nitrogens with one attached hydrogen (secondary N) is 1. The van der Waals surface area contributed by atoms with Gasteiger partial charge in [0.1, 0.15) is 0 Å². The SMILES string of the molecule is Cc1[nH]nc2ccc(-c3ccc(N)c4c3CN(CC3CO3)C4=O)cc12. The van der Waals surface area contributed by atoms with E-state index in [4.69, 9.17) is 10.5 Å². The van der Waals surface area contributed by atoms with Crippen molar-refractivity contribution in [2.24, 2.45) is 0 Å². The van der Waals surface area contributed by atoms with Crippen LogP contribution < -0.4 is 5.73 Å². The van der Waals surface area contributed by atoms with E-state index in [9.17, 15) is 4.79 Å². The molecule has 6 heteroatoms. The molecular formula is C19H18N4O2. The van der Waals surface area contributed by atoms with E-state index in [-0.39, 0.29) is 12.0 Å². The van der Waals surface area contributed by atoms with Gasteiger partial charge in [-0.25, -0.2) is 0 Å². The maximum absolute atomic E-state index is 12.8. The zero-order chi connectivity index (χ0) is 17.1. The number of ether oxygens (including phenoxy) is 1. The molecule has 126 valence electrons. The summed E-state index contributed by atoms with van der Waals surface area (Å²) in [5.41, 5.74) is 12.4. The lowest BCUT2D eigenvalue weighted by atomic mass is 9.95. The van der Waals surface area contributed by atoms with E-state index in [0.717, 1.165) is 39.9 Å². The number of H-pyrrole nitrogens is 1. The van der Waals surface area contributed by atoms with Crippen LogP contribution in [-0.2, 0) is 11.3 Å². The van der Waals surface area contributed by atoms with Crippen LogP contribution >= 0.6 is 0 Å². The third-order valence-corrected chi connectivity index (χ3v) is 5.08. The maximum atomic E-state index is 12.8. The molecule has 0 radical (unpaired) electrons. The minimum Gasteiger partial charge on any atom is -0.398 e. The van der Waals surface area contributed by atoms with E-state index in [1.807, 2.05) is 36.1 Å². The van der Waals surface area contributed by atoms with Gasteiger partial charge in [-0.05, 0) is 41.8 Å². The molecule has 1 aromatic heterocycles. The van der Waals surface area contributed by atoms with E-state index in [1.54, 1.807) is 0 Å². The van der Waals surface area contributed by atoms with Crippen molar-refractivity contribution in [3.63, 3.8) is 0 Å². The summed E-state index contributed by atoms with van der Waals surface area (Å²) in [5.74, 6) is 0.00502. The molecule has 1 amide bonds. The van der Waals surface area contributed by atoms with Crippen molar-refractivity contribution in [2.45, 2.75) is 19.6 Å². The number of aryl methyl sites for hydroxylation is 1. The van der Waals surface area contributed by atoms with Crippen LogP contribution in [0.2, 0.25) is 0 Å². The van der Waals surface area contributed by atoms with Crippen molar-refractivity contribution in [1.29, 1.82) is 0 Å². The molecular weight excluding hydrogens is 316 g/mol. The molecule has 2 aromatic carbocycles.